The van der Waals surface area contributed by atoms with Gasteiger partial charge in [-0.3, -0.25) is 0 Å². The van der Waals surface area contributed by atoms with Crippen LogP contribution in [0, 0.1) is 13.8 Å². The summed E-state index contributed by atoms with van der Waals surface area (Å²) in [6.07, 6.45) is 0. The minimum Gasteiger partial charge on any atom is -0.494 e. The van der Waals surface area contributed by atoms with Crippen LogP contribution in [-0.4, -0.2) is 23.6 Å². The number of anilines is 3. The van der Waals surface area contributed by atoms with Crippen LogP contribution in [0.25, 0.3) is 0 Å². The Morgan fingerprint density at radius 3 is 2.30 bits per heavy atom. The third-order valence-corrected chi connectivity index (χ3v) is 2.92. The molecule has 0 fully saturated rings. The number of benzene rings is 1. The van der Waals surface area contributed by atoms with Crippen molar-refractivity contribution in [3.63, 3.8) is 0 Å². The summed E-state index contributed by atoms with van der Waals surface area (Å²) in [4.78, 5) is 8.79. The van der Waals surface area contributed by atoms with Crippen molar-refractivity contribution in [2.45, 2.75) is 20.8 Å². The Hall–Kier alpha value is -2.30. The first-order chi connectivity index (χ1) is 9.63. The van der Waals surface area contributed by atoms with Crippen molar-refractivity contribution in [1.29, 1.82) is 0 Å². The highest BCUT2D eigenvalue weighted by atomic mass is 16.5. The van der Waals surface area contributed by atoms with E-state index in [0.29, 0.717) is 6.61 Å². The number of ether oxygens (including phenoxy) is 1. The standard InChI is InChI=1S/C15H20N4O/c1-5-20-13-8-6-12(7-9-13)19-15-10(2)14(16-4)17-11(3)18-15/h6-9H,5H2,1-4H3,(H2,16,17,18,19). The minimum absolute atomic E-state index is 0.669. The maximum Gasteiger partial charge on any atom is 0.139 e. The Bertz CT molecular complexity index is 581. The van der Waals surface area contributed by atoms with Crippen molar-refractivity contribution in [2.75, 3.05) is 24.3 Å². The molecule has 2 aromatic rings. The monoisotopic (exact) mass is 272 g/mol. The smallest absolute Gasteiger partial charge is 0.139 e. The summed E-state index contributed by atoms with van der Waals surface area (Å²) >= 11 is 0. The van der Waals surface area contributed by atoms with Gasteiger partial charge in [-0.1, -0.05) is 0 Å². The van der Waals surface area contributed by atoms with Crippen LogP contribution in [0.5, 0.6) is 5.75 Å². The van der Waals surface area contributed by atoms with Crippen molar-refractivity contribution in [2.24, 2.45) is 0 Å². The summed E-state index contributed by atoms with van der Waals surface area (Å²) in [5.41, 5.74) is 1.96. The van der Waals surface area contributed by atoms with E-state index in [0.717, 1.165) is 34.5 Å². The van der Waals surface area contributed by atoms with Gasteiger partial charge in [0.25, 0.3) is 0 Å². The largest absolute Gasteiger partial charge is 0.494 e. The summed E-state index contributed by atoms with van der Waals surface area (Å²) in [5, 5.41) is 6.39. The number of aromatic nitrogens is 2. The Labute approximate surface area is 119 Å². The maximum atomic E-state index is 5.43. The van der Waals surface area contributed by atoms with Gasteiger partial charge in [0.1, 0.15) is 23.2 Å². The summed E-state index contributed by atoms with van der Waals surface area (Å²) < 4.78 is 5.43. The van der Waals surface area contributed by atoms with E-state index in [4.69, 9.17) is 4.74 Å². The van der Waals surface area contributed by atoms with Gasteiger partial charge in [0.2, 0.25) is 0 Å². The molecule has 2 rings (SSSR count). The fraction of sp³-hybridized carbons (Fsp3) is 0.333. The lowest BCUT2D eigenvalue weighted by Crippen LogP contribution is -2.05. The van der Waals surface area contributed by atoms with E-state index in [1.165, 1.54) is 0 Å². The molecule has 0 aliphatic rings. The molecule has 0 spiro atoms. The van der Waals surface area contributed by atoms with Crippen LogP contribution in [0.4, 0.5) is 17.3 Å². The molecule has 2 N–H and O–H groups in total. The highest BCUT2D eigenvalue weighted by Gasteiger charge is 2.08. The zero-order valence-corrected chi connectivity index (χ0v) is 12.3. The predicted molar refractivity (Wildman–Crippen MR) is 81.9 cm³/mol. The van der Waals surface area contributed by atoms with Gasteiger partial charge in [-0.05, 0) is 45.0 Å². The second-order valence-corrected chi connectivity index (χ2v) is 4.43. The van der Waals surface area contributed by atoms with Gasteiger partial charge < -0.3 is 15.4 Å². The van der Waals surface area contributed by atoms with Gasteiger partial charge in [-0.25, -0.2) is 9.97 Å². The van der Waals surface area contributed by atoms with Crippen molar-refractivity contribution in [3.8, 4) is 5.75 Å². The highest BCUT2D eigenvalue weighted by Crippen LogP contribution is 2.24. The third-order valence-electron chi connectivity index (χ3n) is 2.92. The second kappa shape index (κ2) is 6.23. The van der Waals surface area contributed by atoms with Gasteiger partial charge in [0.05, 0.1) is 6.61 Å². The molecule has 20 heavy (non-hydrogen) atoms. The van der Waals surface area contributed by atoms with Gasteiger partial charge in [-0.2, -0.15) is 0 Å². The number of rotatable bonds is 5. The lowest BCUT2D eigenvalue weighted by atomic mass is 10.2. The number of nitrogens with one attached hydrogen (secondary N) is 2. The van der Waals surface area contributed by atoms with Gasteiger partial charge in [0, 0.05) is 18.3 Å². The van der Waals surface area contributed by atoms with Crippen molar-refractivity contribution >= 4 is 17.3 Å². The van der Waals surface area contributed by atoms with E-state index >= 15 is 0 Å². The molecule has 106 valence electrons. The molecule has 0 aliphatic heterocycles. The molecule has 0 bridgehead atoms. The first kappa shape index (κ1) is 14.1. The molecule has 5 heteroatoms. The zero-order chi connectivity index (χ0) is 14.5. The van der Waals surface area contributed by atoms with Crippen LogP contribution in [0.3, 0.4) is 0 Å². The molecule has 0 unspecified atom stereocenters. The first-order valence-corrected chi connectivity index (χ1v) is 6.67. The molecule has 0 aliphatic carbocycles. The zero-order valence-electron chi connectivity index (χ0n) is 12.3. The van der Waals surface area contributed by atoms with Crippen LogP contribution >= 0.6 is 0 Å². The molecule has 0 saturated carbocycles. The van der Waals surface area contributed by atoms with Crippen molar-refractivity contribution in [1.82, 2.24) is 9.97 Å². The first-order valence-electron chi connectivity index (χ1n) is 6.67. The molecular formula is C15H20N4O. The van der Waals surface area contributed by atoms with Crippen molar-refractivity contribution in [3.05, 3.63) is 35.7 Å². The quantitative estimate of drug-likeness (QED) is 0.874. The van der Waals surface area contributed by atoms with Crippen LogP contribution < -0.4 is 15.4 Å². The number of aryl methyl sites for hydroxylation is 1. The topological polar surface area (TPSA) is 59.1 Å². The molecule has 0 amide bonds. The molecule has 0 saturated heterocycles. The summed E-state index contributed by atoms with van der Waals surface area (Å²) in [5.74, 6) is 3.25. The Kier molecular flexibility index (Phi) is 4.40. The molecule has 1 aromatic heterocycles. The molecule has 0 radical (unpaired) electrons. The average molecular weight is 272 g/mol. The van der Waals surface area contributed by atoms with Gasteiger partial charge >= 0.3 is 0 Å². The lowest BCUT2D eigenvalue weighted by molar-refractivity contribution is 0.340. The van der Waals surface area contributed by atoms with Crippen LogP contribution in [-0.2, 0) is 0 Å². The fourth-order valence-electron chi connectivity index (χ4n) is 1.93. The minimum atomic E-state index is 0.669. The molecule has 1 heterocycles. The number of hydrogen-bond acceptors (Lipinski definition) is 5. The van der Waals surface area contributed by atoms with Crippen LogP contribution in [0.1, 0.15) is 18.3 Å². The normalized spacial score (nSPS) is 10.2. The lowest BCUT2D eigenvalue weighted by Gasteiger charge is -2.13. The van der Waals surface area contributed by atoms with E-state index in [2.05, 4.69) is 20.6 Å². The van der Waals surface area contributed by atoms with E-state index in [-0.39, 0.29) is 0 Å². The average Bonchev–Trinajstić information content (AvgIpc) is 2.45. The maximum absolute atomic E-state index is 5.43. The van der Waals surface area contributed by atoms with E-state index in [1.807, 2.05) is 52.1 Å². The third kappa shape index (κ3) is 3.17. The predicted octanol–water partition coefficient (Wildman–Crippen LogP) is 3.28. The molecule has 5 nitrogen and oxygen atoms in total. The van der Waals surface area contributed by atoms with E-state index < -0.39 is 0 Å². The molecule has 1 aromatic carbocycles. The Morgan fingerprint density at radius 2 is 1.70 bits per heavy atom. The van der Waals surface area contributed by atoms with Gasteiger partial charge in [-0.15, -0.1) is 0 Å². The van der Waals surface area contributed by atoms with Crippen LogP contribution in [0.15, 0.2) is 24.3 Å². The second-order valence-electron chi connectivity index (χ2n) is 4.43. The number of nitrogens with zero attached hydrogens (tertiary/aromatic N) is 2. The van der Waals surface area contributed by atoms with Crippen LogP contribution in [0.2, 0.25) is 0 Å². The van der Waals surface area contributed by atoms with E-state index in [1.54, 1.807) is 0 Å². The summed E-state index contributed by atoms with van der Waals surface area (Å²) in [6.45, 7) is 6.51. The summed E-state index contributed by atoms with van der Waals surface area (Å²) in [7, 11) is 1.86. The molecule has 0 atom stereocenters. The van der Waals surface area contributed by atoms with Gasteiger partial charge in [0.15, 0.2) is 0 Å². The summed E-state index contributed by atoms with van der Waals surface area (Å²) in [6, 6.07) is 7.82. The SMILES string of the molecule is CCOc1ccc(Nc2nc(C)nc(NC)c2C)cc1. The highest BCUT2D eigenvalue weighted by molar-refractivity contribution is 5.65. The fourth-order valence-corrected chi connectivity index (χ4v) is 1.93. The molecular weight excluding hydrogens is 252 g/mol. The Morgan fingerprint density at radius 1 is 1.05 bits per heavy atom. The van der Waals surface area contributed by atoms with E-state index in [9.17, 15) is 0 Å². The number of hydrogen-bond donors (Lipinski definition) is 2. The van der Waals surface area contributed by atoms with Crippen molar-refractivity contribution < 1.29 is 4.74 Å². The Balaban J connectivity index is 2.23.